The molecule has 0 spiro atoms. The van der Waals surface area contributed by atoms with Gasteiger partial charge in [-0.05, 0) is 53.1 Å². The van der Waals surface area contributed by atoms with E-state index in [0.717, 1.165) is 26.2 Å². The third-order valence-electron chi connectivity index (χ3n) is 3.62. The monoisotopic (exact) mass is 273 g/mol. The van der Waals surface area contributed by atoms with Crippen LogP contribution in [0.2, 0.25) is 0 Å². The minimum atomic E-state index is 0.370. The van der Waals surface area contributed by atoms with Gasteiger partial charge in [0.15, 0.2) is 0 Å². The largest absolute Gasteiger partial charge is 0.315 e. The van der Waals surface area contributed by atoms with E-state index in [-0.39, 0.29) is 0 Å². The average molecular weight is 273 g/mol. The maximum Gasteiger partial charge on any atom is 0.0611 e. The normalized spacial score (nSPS) is 18.9. The van der Waals surface area contributed by atoms with Crippen LogP contribution in [-0.2, 0) is 0 Å². The Morgan fingerprint density at radius 1 is 1.11 bits per heavy atom. The predicted molar refractivity (Wildman–Crippen MR) is 79.5 cm³/mol. The standard InChI is InChI=1S/C15H19N3S/c1-5-16-8-10-18(9-1)15(14-4-11-19-12-14)13-2-6-17-7-3-13/h2-4,6-7,11-12,15-16H,1,5,8-10H2. The first-order chi connectivity index (χ1) is 9.45. The zero-order valence-corrected chi connectivity index (χ0v) is 11.8. The van der Waals surface area contributed by atoms with Gasteiger partial charge in [0.25, 0.3) is 0 Å². The third kappa shape index (κ3) is 3.03. The van der Waals surface area contributed by atoms with Crippen LogP contribution in [0, 0.1) is 0 Å². The van der Waals surface area contributed by atoms with E-state index in [9.17, 15) is 0 Å². The molecule has 0 amide bonds. The summed E-state index contributed by atoms with van der Waals surface area (Å²) in [5.74, 6) is 0. The lowest BCUT2D eigenvalue weighted by Gasteiger charge is -2.30. The summed E-state index contributed by atoms with van der Waals surface area (Å²) in [7, 11) is 0. The topological polar surface area (TPSA) is 28.2 Å². The number of nitrogens with zero attached hydrogens (tertiary/aromatic N) is 2. The van der Waals surface area contributed by atoms with Gasteiger partial charge in [0.1, 0.15) is 0 Å². The van der Waals surface area contributed by atoms with Crippen LogP contribution in [0.25, 0.3) is 0 Å². The molecule has 0 radical (unpaired) electrons. The number of hydrogen-bond acceptors (Lipinski definition) is 4. The summed E-state index contributed by atoms with van der Waals surface area (Å²) in [6, 6.07) is 6.89. The molecule has 3 nitrogen and oxygen atoms in total. The van der Waals surface area contributed by atoms with E-state index in [1.807, 2.05) is 12.4 Å². The molecule has 1 N–H and O–H groups in total. The average Bonchev–Trinajstić information content (AvgIpc) is 2.84. The van der Waals surface area contributed by atoms with Crippen LogP contribution in [0.3, 0.4) is 0 Å². The van der Waals surface area contributed by atoms with Crippen LogP contribution in [0.1, 0.15) is 23.6 Å². The Balaban J connectivity index is 1.92. The summed E-state index contributed by atoms with van der Waals surface area (Å²) >= 11 is 1.77. The molecule has 3 heterocycles. The first kappa shape index (κ1) is 12.8. The lowest BCUT2D eigenvalue weighted by Crippen LogP contribution is -2.32. The van der Waals surface area contributed by atoms with E-state index in [1.165, 1.54) is 17.5 Å². The molecule has 100 valence electrons. The van der Waals surface area contributed by atoms with Crippen molar-refractivity contribution >= 4 is 11.3 Å². The third-order valence-corrected chi connectivity index (χ3v) is 4.32. The van der Waals surface area contributed by atoms with E-state index >= 15 is 0 Å². The molecule has 0 saturated carbocycles. The number of nitrogens with one attached hydrogen (secondary N) is 1. The Hall–Kier alpha value is -1.23. The molecule has 1 unspecified atom stereocenters. The molecule has 1 fully saturated rings. The van der Waals surface area contributed by atoms with Crippen molar-refractivity contribution in [3.05, 3.63) is 52.5 Å². The van der Waals surface area contributed by atoms with Crippen LogP contribution in [0.5, 0.6) is 0 Å². The van der Waals surface area contributed by atoms with Crippen molar-refractivity contribution < 1.29 is 0 Å². The second kappa shape index (κ2) is 6.28. The molecule has 19 heavy (non-hydrogen) atoms. The number of rotatable bonds is 3. The molecule has 4 heteroatoms. The quantitative estimate of drug-likeness (QED) is 0.931. The van der Waals surface area contributed by atoms with Gasteiger partial charge in [0, 0.05) is 32.0 Å². The van der Waals surface area contributed by atoms with Crippen molar-refractivity contribution in [1.29, 1.82) is 0 Å². The molecule has 3 rings (SSSR count). The predicted octanol–water partition coefficient (Wildman–Crippen LogP) is 2.53. The highest BCUT2D eigenvalue weighted by atomic mass is 32.1. The Labute approximate surface area is 118 Å². The van der Waals surface area contributed by atoms with Gasteiger partial charge in [0.05, 0.1) is 6.04 Å². The van der Waals surface area contributed by atoms with Crippen LogP contribution >= 0.6 is 11.3 Å². The summed E-state index contributed by atoms with van der Waals surface area (Å²) in [5.41, 5.74) is 2.74. The van der Waals surface area contributed by atoms with Gasteiger partial charge in [-0.3, -0.25) is 9.88 Å². The molecule has 1 aliphatic rings. The Morgan fingerprint density at radius 2 is 2.00 bits per heavy atom. The molecule has 1 aliphatic heterocycles. The first-order valence-corrected chi connectivity index (χ1v) is 7.76. The molecule has 0 aliphatic carbocycles. The molecule has 1 saturated heterocycles. The zero-order chi connectivity index (χ0) is 12.9. The van der Waals surface area contributed by atoms with Crippen molar-refractivity contribution in [3.63, 3.8) is 0 Å². The molecule has 1 atom stereocenters. The second-order valence-corrected chi connectivity index (χ2v) is 5.66. The Bertz CT molecular complexity index is 475. The van der Waals surface area contributed by atoms with Crippen molar-refractivity contribution in [2.75, 3.05) is 26.2 Å². The van der Waals surface area contributed by atoms with Crippen molar-refractivity contribution in [2.45, 2.75) is 12.5 Å². The lowest BCUT2D eigenvalue weighted by atomic mass is 10.0. The van der Waals surface area contributed by atoms with E-state index < -0.39 is 0 Å². The van der Waals surface area contributed by atoms with Gasteiger partial charge in [0.2, 0.25) is 0 Å². The van der Waals surface area contributed by atoms with E-state index in [2.05, 4.69) is 44.2 Å². The van der Waals surface area contributed by atoms with Gasteiger partial charge < -0.3 is 5.32 Å². The fourth-order valence-corrected chi connectivity index (χ4v) is 3.39. The van der Waals surface area contributed by atoms with E-state index in [4.69, 9.17) is 0 Å². The highest BCUT2D eigenvalue weighted by Gasteiger charge is 2.23. The number of aromatic nitrogens is 1. The van der Waals surface area contributed by atoms with Gasteiger partial charge in [-0.2, -0.15) is 11.3 Å². The molecule has 2 aromatic heterocycles. The molecule has 0 aromatic carbocycles. The van der Waals surface area contributed by atoms with Crippen LogP contribution in [-0.4, -0.2) is 36.1 Å². The Kier molecular flexibility index (Phi) is 4.23. The van der Waals surface area contributed by atoms with Crippen LogP contribution < -0.4 is 5.32 Å². The van der Waals surface area contributed by atoms with E-state index in [0.29, 0.717) is 6.04 Å². The van der Waals surface area contributed by atoms with Gasteiger partial charge in [-0.15, -0.1) is 0 Å². The van der Waals surface area contributed by atoms with Crippen LogP contribution in [0.4, 0.5) is 0 Å². The number of pyridine rings is 1. The second-order valence-electron chi connectivity index (χ2n) is 4.88. The molecular weight excluding hydrogens is 254 g/mol. The molecule has 2 aromatic rings. The summed E-state index contributed by atoms with van der Waals surface area (Å²) in [6.07, 6.45) is 5.00. The summed E-state index contributed by atoms with van der Waals surface area (Å²) in [4.78, 5) is 6.73. The fraction of sp³-hybridized carbons (Fsp3) is 0.400. The minimum Gasteiger partial charge on any atom is -0.315 e. The van der Waals surface area contributed by atoms with Crippen molar-refractivity contribution in [1.82, 2.24) is 15.2 Å². The van der Waals surface area contributed by atoms with Gasteiger partial charge >= 0.3 is 0 Å². The summed E-state index contributed by atoms with van der Waals surface area (Å²) in [6.45, 7) is 4.45. The maximum atomic E-state index is 4.14. The summed E-state index contributed by atoms with van der Waals surface area (Å²) < 4.78 is 0. The molecular formula is C15H19N3S. The smallest absolute Gasteiger partial charge is 0.0611 e. The maximum absolute atomic E-state index is 4.14. The van der Waals surface area contributed by atoms with Gasteiger partial charge in [-0.1, -0.05) is 0 Å². The Morgan fingerprint density at radius 3 is 2.79 bits per heavy atom. The summed E-state index contributed by atoms with van der Waals surface area (Å²) in [5, 5.41) is 7.91. The number of thiophene rings is 1. The van der Waals surface area contributed by atoms with Gasteiger partial charge in [-0.25, -0.2) is 0 Å². The van der Waals surface area contributed by atoms with Crippen LogP contribution in [0.15, 0.2) is 41.4 Å². The zero-order valence-electron chi connectivity index (χ0n) is 11.0. The highest BCUT2D eigenvalue weighted by molar-refractivity contribution is 7.08. The molecule has 0 bridgehead atoms. The highest BCUT2D eigenvalue weighted by Crippen LogP contribution is 2.30. The van der Waals surface area contributed by atoms with Crippen molar-refractivity contribution in [3.8, 4) is 0 Å². The van der Waals surface area contributed by atoms with Crippen molar-refractivity contribution in [2.24, 2.45) is 0 Å². The lowest BCUT2D eigenvalue weighted by molar-refractivity contribution is 0.241. The fourth-order valence-electron chi connectivity index (χ4n) is 2.72. The first-order valence-electron chi connectivity index (χ1n) is 6.82. The SMILES string of the molecule is c1cc(C(c2ccsc2)N2CCCNCC2)ccn1. The number of hydrogen-bond donors (Lipinski definition) is 1. The van der Waals surface area contributed by atoms with E-state index in [1.54, 1.807) is 11.3 Å². The minimum absolute atomic E-state index is 0.370.